The molecule has 0 saturated carbocycles. The minimum Gasteiger partial charge on any atom is -0.507 e. The second-order valence-corrected chi connectivity index (χ2v) is 25.6. The Morgan fingerprint density at radius 3 is 1.47 bits per heavy atom. The van der Waals surface area contributed by atoms with Gasteiger partial charge in [0.25, 0.3) is 0 Å². The van der Waals surface area contributed by atoms with Gasteiger partial charge in [-0.3, -0.25) is 9.13 Å². The summed E-state index contributed by atoms with van der Waals surface area (Å²) in [6.07, 6.45) is 3.42. The second kappa shape index (κ2) is 18.3. The number of imidazole rings is 2. The van der Waals surface area contributed by atoms with Crippen LogP contribution < -0.4 is 0 Å². The van der Waals surface area contributed by atoms with Crippen molar-refractivity contribution < 1.29 is 5.11 Å². The average molecular weight is 989 g/mol. The Kier molecular flexibility index (Phi) is 12.4. The summed E-state index contributed by atoms with van der Waals surface area (Å²) in [5.74, 6) is 1.68. The quantitative estimate of drug-likeness (QED) is 0.172. The fourth-order valence-electron chi connectivity index (χ4n) is 10.3. The molecule has 7 aromatic carbocycles. The number of phenols is 1. The van der Waals surface area contributed by atoms with Gasteiger partial charge in [0.1, 0.15) is 29.2 Å². The molecule has 0 atom stereocenters. The molecular formula is C68H72N6O. The van der Waals surface area contributed by atoms with Crippen molar-refractivity contribution in [3.63, 3.8) is 0 Å². The van der Waals surface area contributed by atoms with E-state index in [9.17, 15) is 5.11 Å². The summed E-state index contributed by atoms with van der Waals surface area (Å²) >= 11 is 0. The first-order valence-corrected chi connectivity index (χ1v) is 26.4. The van der Waals surface area contributed by atoms with E-state index in [1.165, 1.54) is 11.1 Å². The summed E-state index contributed by atoms with van der Waals surface area (Å²) in [5, 5.41) is 12.7. The molecule has 10 aromatic rings. The molecule has 380 valence electrons. The number of hydrogen-bond donors (Lipinski definition) is 1. The third kappa shape index (κ3) is 9.58. The van der Waals surface area contributed by atoms with Gasteiger partial charge in [-0.2, -0.15) is 0 Å². The molecule has 0 spiro atoms. The fraction of sp³-hybridized carbons (Fsp3) is 0.294. The van der Waals surface area contributed by atoms with E-state index in [0.717, 1.165) is 89.5 Å². The molecule has 0 unspecified atom stereocenters. The Balaban J connectivity index is 1.30. The molecule has 1 N–H and O–H groups in total. The summed E-state index contributed by atoms with van der Waals surface area (Å²) < 4.78 is 4.51. The summed E-state index contributed by atoms with van der Waals surface area (Å²) in [7, 11) is 0. The Bertz CT molecular complexity index is 3790. The van der Waals surface area contributed by atoms with Crippen molar-refractivity contribution in [3.8, 4) is 73.3 Å². The maximum atomic E-state index is 12.7. The van der Waals surface area contributed by atoms with Gasteiger partial charge in [-0.1, -0.05) is 201 Å². The Labute approximate surface area is 444 Å². The third-order valence-corrected chi connectivity index (χ3v) is 14.8. The number of benzene rings is 7. The first-order chi connectivity index (χ1) is 35.3. The van der Waals surface area contributed by atoms with E-state index >= 15 is 0 Å². The molecule has 7 heteroatoms. The van der Waals surface area contributed by atoms with E-state index in [0.29, 0.717) is 16.9 Å². The molecule has 0 fully saturated rings. The van der Waals surface area contributed by atoms with Crippen LogP contribution >= 0.6 is 0 Å². The first-order valence-electron chi connectivity index (χ1n) is 26.4. The maximum Gasteiger partial charge on any atom is 0.168 e. The largest absolute Gasteiger partial charge is 0.507 e. The molecular weight excluding hydrogens is 917 g/mol. The van der Waals surface area contributed by atoms with Crippen LogP contribution in [0.3, 0.4) is 0 Å². The van der Waals surface area contributed by atoms with Crippen LogP contribution in [0.25, 0.3) is 89.7 Å². The Hall–Kier alpha value is -7.64. The van der Waals surface area contributed by atoms with Gasteiger partial charge in [-0.25, -0.2) is 19.9 Å². The van der Waals surface area contributed by atoms with Crippen LogP contribution in [0.5, 0.6) is 5.75 Å². The highest BCUT2D eigenvalue weighted by Gasteiger charge is 2.31. The van der Waals surface area contributed by atoms with Crippen LogP contribution in [0.2, 0.25) is 0 Å². The van der Waals surface area contributed by atoms with E-state index in [1.54, 1.807) is 6.33 Å². The highest BCUT2D eigenvalue weighted by Crippen LogP contribution is 2.47. The van der Waals surface area contributed by atoms with Gasteiger partial charge >= 0.3 is 0 Å². The number of aromatic nitrogens is 6. The zero-order valence-corrected chi connectivity index (χ0v) is 46.6. The number of nitrogens with zero attached hydrogens (tertiary/aromatic N) is 6. The summed E-state index contributed by atoms with van der Waals surface area (Å²) in [5.41, 5.74) is 17.8. The number of phenolic OH excluding ortho intramolecular Hbond substituents is 1. The van der Waals surface area contributed by atoms with Crippen molar-refractivity contribution in [2.75, 3.05) is 0 Å². The van der Waals surface area contributed by atoms with Crippen molar-refractivity contribution in [2.45, 2.75) is 131 Å². The van der Waals surface area contributed by atoms with Crippen LogP contribution in [-0.2, 0) is 27.1 Å². The number of hydrogen-bond acceptors (Lipinski definition) is 5. The van der Waals surface area contributed by atoms with Gasteiger partial charge in [-0.05, 0) is 115 Å². The summed E-state index contributed by atoms with van der Waals surface area (Å²) in [6.45, 7) is 33.6. The van der Waals surface area contributed by atoms with E-state index in [1.807, 2.05) is 6.20 Å². The van der Waals surface area contributed by atoms with Crippen LogP contribution in [0.15, 0.2) is 158 Å². The lowest BCUT2D eigenvalue weighted by atomic mass is 9.79. The zero-order valence-electron chi connectivity index (χ0n) is 46.6. The molecule has 0 saturated heterocycles. The summed E-state index contributed by atoms with van der Waals surface area (Å²) in [6, 6.07) is 52.6. The van der Waals surface area contributed by atoms with Crippen molar-refractivity contribution in [2.24, 2.45) is 0 Å². The Morgan fingerprint density at radius 2 is 0.920 bits per heavy atom. The molecule has 0 aliphatic carbocycles. The lowest BCUT2D eigenvalue weighted by Crippen LogP contribution is -2.17. The maximum absolute atomic E-state index is 12.7. The van der Waals surface area contributed by atoms with Gasteiger partial charge in [0.05, 0.1) is 34.2 Å². The van der Waals surface area contributed by atoms with E-state index in [2.05, 4.69) is 264 Å². The molecule has 3 heterocycles. The number of para-hydroxylation sites is 1. The van der Waals surface area contributed by atoms with Crippen molar-refractivity contribution in [1.29, 1.82) is 0 Å². The van der Waals surface area contributed by atoms with E-state index in [4.69, 9.17) is 15.0 Å². The van der Waals surface area contributed by atoms with Gasteiger partial charge in [0.15, 0.2) is 5.65 Å². The van der Waals surface area contributed by atoms with Crippen molar-refractivity contribution >= 4 is 22.2 Å². The number of rotatable bonds is 7. The normalized spacial score (nSPS) is 12.8. The van der Waals surface area contributed by atoms with Gasteiger partial charge in [-0.15, -0.1) is 0 Å². The fourth-order valence-corrected chi connectivity index (χ4v) is 10.3. The lowest BCUT2D eigenvalue weighted by Gasteiger charge is -2.28. The predicted octanol–water partition coefficient (Wildman–Crippen LogP) is 17.7. The topological polar surface area (TPSA) is 81.7 Å². The lowest BCUT2D eigenvalue weighted by molar-refractivity contribution is 0.446. The number of aromatic hydroxyl groups is 1. The van der Waals surface area contributed by atoms with Crippen LogP contribution in [0.1, 0.15) is 132 Å². The highest BCUT2D eigenvalue weighted by atomic mass is 16.3. The predicted molar refractivity (Wildman–Crippen MR) is 314 cm³/mol. The molecule has 75 heavy (non-hydrogen) atoms. The van der Waals surface area contributed by atoms with Crippen LogP contribution in [-0.4, -0.2) is 34.2 Å². The third-order valence-electron chi connectivity index (χ3n) is 14.8. The molecule has 0 aliphatic heterocycles. The standard InChI is InChI=1S/C68H72N6O/c1-64(2,3)46-29-31-56(51(36-46)42-23-18-16-19-24-42)73-58-28-22-27-50(59(58)72-62(73)53-38-49(67(10,11)12)39-54(60(53)75)68(13,14)15)44-33-45(35-48(34-44)66(7,8)9)61-71-55-40-69-41-70-63(55)74(61)57-32-30-47(65(4,5)6)37-52(57)43-25-20-17-21-26-43/h16-41,75H,1-15H3. The van der Waals surface area contributed by atoms with Crippen molar-refractivity contribution in [3.05, 3.63) is 186 Å². The average Bonchev–Trinajstić information content (AvgIpc) is 3.94. The number of fused-ring (bicyclic) bond motifs is 2. The smallest absolute Gasteiger partial charge is 0.168 e. The molecule has 3 aromatic heterocycles. The van der Waals surface area contributed by atoms with Crippen LogP contribution in [0, 0.1) is 0 Å². The molecule has 0 radical (unpaired) electrons. The van der Waals surface area contributed by atoms with Gasteiger partial charge in [0, 0.05) is 27.8 Å². The Morgan fingerprint density at radius 1 is 0.400 bits per heavy atom. The molecule has 0 bridgehead atoms. The zero-order chi connectivity index (χ0) is 53.6. The van der Waals surface area contributed by atoms with Gasteiger partial charge in [0.2, 0.25) is 0 Å². The molecule has 0 aliphatic rings. The second-order valence-electron chi connectivity index (χ2n) is 25.6. The minimum absolute atomic E-state index is 0.0735. The monoisotopic (exact) mass is 989 g/mol. The van der Waals surface area contributed by atoms with Gasteiger partial charge < -0.3 is 5.11 Å². The molecule has 7 nitrogen and oxygen atoms in total. The molecule has 0 amide bonds. The minimum atomic E-state index is -0.353. The van der Waals surface area contributed by atoms with E-state index < -0.39 is 0 Å². The summed E-state index contributed by atoms with van der Waals surface area (Å²) in [4.78, 5) is 20.6. The molecule has 10 rings (SSSR count). The highest BCUT2D eigenvalue weighted by molar-refractivity contribution is 5.98. The van der Waals surface area contributed by atoms with Crippen molar-refractivity contribution in [1.82, 2.24) is 29.1 Å². The first kappa shape index (κ1) is 50.9. The van der Waals surface area contributed by atoms with E-state index in [-0.39, 0.29) is 32.8 Å². The van der Waals surface area contributed by atoms with Crippen LogP contribution in [0.4, 0.5) is 0 Å². The SMILES string of the molecule is CC(C)(C)c1cc(-c2cccc3c2nc(-c2cc(C(C)(C)C)cc(C(C)(C)C)c2O)n3-c2ccc(C(C)(C)C)cc2-c2ccccc2)cc(-c2nc3cncnc3n2-c2ccc(C(C)(C)C)cc2-c2ccccc2)c1.